The fourth-order valence-corrected chi connectivity index (χ4v) is 2.48. The minimum atomic E-state index is -0.944. The van der Waals surface area contributed by atoms with E-state index in [4.69, 9.17) is 5.11 Å². The summed E-state index contributed by atoms with van der Waals surface area (Å²) >= 11 is 0. The number of amides is 1. The Kier molecular flexibility index (Phi) is 5.14. The van der Waals surface area contributed by atoms with Crippen molar-refractivity contribution < 1.29 is 14.7 Å². The molecule has 0 aromatic rings. The van der Waals surface area contributed by atoms with Gasteiger partial charge in [-0.3, -0.25) is 9.59 Å². The number of hydrogen-bond acceptors (Lipinski definition) is 3. The largest absolute Gasteiger partial charge is 0.480 e. The summed E-state index contributed by atoms with van der Waals surface area (Å²) in [5, 5.41) is 12.2. The molecule has 104 valence electrons. The molecule has 2 unspecified atom stereocenters. The van der Waals surface area contributed by atoms with Gasteiger partial charge in [0.05, 0.1) is 5.41 Å². The fourth-order valence-electron chi connectivity index (χ4n) is 2.48. The summed E-state index contributed by atoms with van der Waals surface area (Å²) < 4.78 is 0. The Balaban J connectivity index is 2.89. The molecule has 0 aromatic heterocycles. The molecule has 0 bridgehead atoms. The van der Waals surface area contributed by atoms with Gasteiger partial charge in [-0.2, -0.15) is 0 Å². The lowest BCUT2D eigenvalue weighted by Gasteiger charge is -2.35. The van der Waals surface area contributed by atoms with Gasteiger partial charge in [-0.05, 0) is 32.7 Å². The van der Waals surface area contributed by atoms with Gasteiger partial charge in [-0.1, -0.05) is 13.8 Å². The first-order chi connectivity index (χ1) is 8.46. The Morgan fingerprint density at radius 1 is 1.44 bits per heavy atom. The molecule has 1 saturated heterocycles. The molecule has 0 saturated carbocycles. The van der Waals surface area contributed by atoms with Gasteiger partial charge in [-0.15, -0.1) is 0 Å². The van der Waals surface area contributed by atoms with Crippen molar-refractivity contribution in [2.75, 3.05) is 19.6 Å². The SMILES string of the molecule is CCC(C)N(CC(=O)O)C(=O)C1(CC)CCNC1. The summed E-state index contributed by atoms with van der Waals surface area (Å²) in [6, 6.07) is -0.0300. The quantitative estimate of drug-likeness (QED) is 0.746. The molecule has 0 spiro atoms. The molecule has 1 heterocycles. The zero-order chi connectivity index (χ0) is 13.8. The summed E-state index contributed by atoms with van der Waals surface area (Å²) in [7, 11) is 0. The van der Waals surface area contributed by atoms with Crippen LogP contribution in [-0.4, -0.2) is 47.6 Å². The van der Waals surface area contributed by atoms with E-state index in [9.17, 15) is 9.59 Å². The standard InChI is InChI=1S/C13H24N2O3/c1-4-10(3)15(8-11(16)17)12(18)13(5-2)6-7-14-9-13/h10,14H,4-9H2,1-3H3,(H,16,17). The minimum Gasteiger partial charge on any atom is -0.480 e. The summed E-state index contributed by atoms with van der Waals surface area (Å²) in [4.78, 5) is 25.1. The Morgan fingerprint density at radius 3 is 2.50 bits per heavy atom. The van der Waals surface area contributed by atoms with Crippen molar-refractivity contribution in [3.8, 4) is 0 Å². The lowest BCUT2D eigenvalue weighted by atomic mass is 9.82. The Bertz CT molecular complexity index is 311. The molecular formula is C13H24N2O3. The van der Waals surface area contributed by atoms with Gasteiger partial charge in [0.15, 0.2) is 0 Å². The predicted octanol–water partition coefficient (Wildman–Crippen LogP) is 1.09. The Labute approximate surface area is 109 Å². The van der Waals surface area contributed by atoms with Gasteiger partial charge in [0.1, 0.15) is 6.54 Å². The van der Waals surface area contributed by atoms with E-state index in [1.807, 2.05) is 20.8 Å². The number of carboxylic acids is 1. The molecule has 5 nitrogen and oxygen atoms in total. The topological polar surface area (TPSA) is 69.6 Å². The zero-order valence-electron chi connectivity index (χ0n) is 11.5. The Morgan fingerprint density at radius 2 is 2.11 bits per heavy atom. The van der Waals surface area contributed by atoms with E-state index in [1.165, 1.54) is 4.90 Å². The average Bonchev–Trinajstić information content (AvgIpc) is 2.84. The fraction of sp³-hybridized carbons (Fsp3) is 0.846. The summed E-state index contributed by atoms with van der Waals surface area (Å²) in [5.41, 5.74) is -0.404. The molecule has 5 heteroatoms. The van der Waals surface area contributed by atoms with Crippen molar-refractivity contribution in [3.63, 3.8) is 0 Å². The number of carbonyl (C=O) groups is 2. The number of carbonyl (C=O) groups excluding carboxylic acids is 1. The second kappa shape index (κ2) is 6.18. The van der Waals surface area contributed by atoms with Crippen LogP contribution in [0.25, 0.3) is 0 Å². The van der Waals surface area contributed by atoms with Gasteiger partial charge in [0.2, 0.25) is 5.91 Å². The predicted molar refractivity (Wildman–Crippen MR) is 69.3 cm³/mol. The lowest BCUT2D eigenvalue weighted by Crippen LogP contribution is -2.50. The van der Waals surface area contributed by atoms with Crippen molar-refractivity contribution in [2.24, 2.45) is 5.41 Å². The van der Waals surface area contributed by atoms with E-state index >= 15 is 0 Å². The summed E-state index contributed by atoms with van der Waals surface area (Å²) in [6.45, 7) is 7.18. The Hall–Kier alpha value is -1.10. The molecule has 2 atom stereocenters. The highest BCUT2D eigenvalue weighted by molar-refractivity contribution is 5.86. The van der Waals surface area contributed by atoms with Gasteiger partial charge >= 0.3 is 5.97 Å². The van der Waals surface area contributed by atoms with Gasteiger partial charge in [0, 0.05) is 12.6 Å². The highest BCUT2D eigenvalue weighted by atomic mass is 16.4. The second-order valence-electron chi connectivity index (χ2n) is 5.14. The molecular weight excluding hydrogens is 232 g/mol. The molecule has 1 aliphatic rings. The second-order valence-corrected chi connectivity index (χ2v) is 5.14. The van der Waals surface area contributed by atoms with E-state index < -0.39 is 11.4 Å². The number of carboxylic acid groups (broad SMARTS) is 1. The third-order valence-corrected chi connectivity index (χ3v) is 4.06. The van der Waals surface area contributed by atoms with Crippen molar-refractivity contribution in [1.82, 2.24) is 10.2 Å². The number of rotatable bonds is 6. The third kappa shape index (κ3) is 3.02. The van der Waals surface area contributed by atoms with Crippen LogP contribution in [0, 0.1) is 5.41 Å². The van der Waals surface area contributed by atoms with Gasteiger partial charge < -0.3 is 15.3 Å². The molecule has 0 radical (unpaired) electrons. The van der Waals surface area contributed by atoms with Crippen LogP contribution in [0.5, 0.6) is 0 Å². The summed E-state index contributed by atoms with van der Waals surface area (Å²) in [6.07, 6.45) is 2.33. The highest BCUT2D eigenvalue weighted by Crippen LogP contribution is 2.32. The molecule has 18 heavy (non-hydrogen) atoms. The molecule has 1 rings (SSSR count). The summed E-state index contributed by atoms with van der Waals surface area (Å²) in [5.74, 6) is -0.951. The maximum Gasteiger partial charge on any atom is 0.323 e. The van der Waals surface area contributed by atoms with Crippen molar-refractivity contribution >= 4 is 11.9 Å². The van der Waals surface area contributed by atoms with Crippen LogP contribution in [0.3, 0.4) is 0 Å². The molecule has 1 amide bonds. The zero-order valence-corrected chi connectivity index (χ0v) is 11.5. The van der Waals surface area contributed by atoms with E-state index in [-0.39, 0.29) is 18.5 Å². The van der Waals surface area contributed by atoms with E-state index in [2.05, 4.69) is 5.32 Å². The molecule has 1 fully saturated rings. The maximum absolute atomic E-state index is 12.7. The van der Waals surface area contributed by atoms with Crippen LogP contribution >= 0.6 is 0 Å². The average molecular weight is 256 g/mol. The minimum absolute atomic E-state index is 0.00764. The van der Waals surface area contributed by atoms with Crippen molar-refractivity contribution in [2.45, 2.75) is 46.1 Å². The molecule has 2 N–H and O–H groups in total. The first-order valence-electron chi connectivity index (χ1n) is 6.70. The molecule has 1 aliphatic heterocycles. The first-order valence-corrected chi connectivity index (χ1v) is 6.70. The first kappa shape index (κ1) is 15.0. The van der Waals surface area contributed by atoms with Crippen LogP contribution in [0.4, 0.5) is 0 Å². The van der Waals surface area contributed by atoms with Gasteiger partial charge in [0.25, 0.3) is 0 Å². The third-order valence-electron chi connectivity index (χ3n) is 4.06. The molecule has 0 aromatic carbocycles. The number of aliphatic carboxylic acids is 1. The highest BCUT2D eigenvalue weighted by Gasteiger charge is 2.43. The number of nitrogens with zero attached hydrogens (tertiary/aromatic N) is 1. The van der Waals surface area contributed by atoms with Crippen LogP contribution in [0.2, 0.25) is 0 Å². The maximum atomic E-state index is 12.7. The van der Waals surface area contributed by atoms with Gasteiger partial charge in [-0.25, -0.2) is 0 Å². The monoisotopic (exact) mass is 256 g/mol. The molecule has 0 aliphatic carbocycles. The van der Waals surface area contributed by atoms with Crippen LogP contribution in [-0.2, 0) is 9.59 Å². The van der Waals surface area contributed by atoms with Crippen LogP contribution < -0.4 is 5.32 Å². The van der Waals surface area contributed by atoms with Crippen LogP contribution in [0.15, 0.2) is 0 Å². The smallest absolute Gasteiger partial charge is 0.323 e. The lowest BCUT2D eigenvalue weighted by molar-refractivity contribution is -0.151. The van der Waals surface area contributed by atoms with Crippen molar-refractivity contribution in [1.29, 1.82) is 0 Å². The van der Waals surface area contributed by atoms with E-state index in [0.717, 1.165) is 25.8 Å². The van der Waals surface area contributed by atoms with E-state index in [1.54, 1.807) is 0 Å². The van der Waals surface area contributed by atoms with Crippen LogP contribution in [0.1, 0.15) is 40.0 Å². The van der Waals surface area contributed by atoms with Crippen molar-refractivity contribution in [3.05, 3.63) is 0 Å². The number of nitrogens with one attached hydrogen (secondary N) is 1. The van der Waals surface area contributed by atoms with E-state index in [0.29, 0.717) is 6.54 Å². The normalized spacial score (nSPS) is 24.8. The number of hydrogen-bond donors (Lipinski definition) is 2.